The van der Waals surface area contributed by atoms with Gasteiger partial charge in [-0.05, 0) is 6.92 Å². The molecule has 0 radical (unpaired) electrons. The van der Waals surface area contributed by atoms with Crippen LogP contribution in [-0.2, 0) is 13.0 Å². The Labute approximate surface area is 109 Å². The molecule has 0 fully saturated rings. The van der Waals surface area contributed by atoms with Crippen LogP contribution in [0.5, 0.6) is 0 Å². The van der Waals surface area contributed by atoms with E-state index in [2.05, 4.69) is 20.3 Å². The van der Waals surface area contributed by atoms with Gasteiger partial charge in [0.2, 0.25) is 0 Å². The minimum absolute atomic E-state index is 0.452. The zero-order valence-electron chi connectivity index (χ0n) is 9.91. The van der Waals surface area contributed by atoms with Gasteiger partial charge >= 0.3 is 0 Å². The van der Waals surface area contributed by atoms with Crippen molar-refractivity contribution in [1.29, 1.82) is 0 Å². The van der Waals surface area contributed by atoms with Gasteiger partial charge in [0.15, 0.2) is 0 Å². The van der Waals surface area contributed by atoms with E-state index >= 15 is 0 Å². The molecule has 2 rings (SSSR count). The van der Waals surface area contributed by atoms with E-state index in [1.165, 1.54) is 0 Å². The number of nitrogens with two attached hydrogens (primary N) is 2. The summed E-state index contributed by atoms with van der Waals surface area (Å²) in [5.74, 6) is 1.09. The van der Waals surface area contributed by atoms with Gasteiger partial charge in [0.05, 0.1) is 17.7 Å². The summed E-state index contributed by atoms with van der Waals surface area (Å²) in [6.07, 6.45) is 3.94. The van der Waals surface area contributed by atoms with Crippen LogP contribution in [0.15, 0.2) is 12.4 Å². The quantitative estimate of drug-likeness (QED) is 0.600. The standard InChI is InChI=1S/C10H14ClN7/c1-6-14-3-7(10(13)15-6)4-18-5-8(16-17-18)2-9(11)12/h3,5,9H,2,4,12H2,1H3,(H2,13,14,15). The lowest BCUT2D eigenvalue weighted by Gasteiger charge is -2.04. The Kier molecular flexibility index (Phi) is 3.73. The molecule has 2 aromatic rings. The summed E-state index contributed by atoms with van der Waals surface area (Å²) in [7, 11) is 0. The van der Waals surface area contributed by atoms with Crippen molar-refractivity contribution in [2.75, 3.05) is 5.73 Å². The van der Waals surface area contributed by atoms with Gasteiger partial charge in [0.1, 0.15) is 11.6 Å². The molecule has 0 aromatic carbocycles. The van der Waals surface area contributed by atoms with Crippen LogP contribution in [0.3, 0.4) is 0 Å². The zero-order valence-corrected chi connectivity index (χ0v) is 10.7. The molecule has 0 bridgehead atoms. The molecule has 1 unspecified atom stereocenters. The van der Waals surface area contributed by atoms with Crippen molar-refractivity contribution in [3.05, 3.63) is 29.5 Å². The Hall–Kier alpha value is -1.73. The maximum Gasteiger partial charge on any atom is 0.132 e. The number of hydrogen-bond acceptors (Lipinski definition) is 6. The van der Waals surface area contributed by atoms with Crippen LogP contribution in [0.25, 0.3) is 0 Å². The molecule has 18 heavy (non-hydrogen) atoms. The highest BCUT2D eigenvalue weighted by Crippen LogP contribution is 2.09. The molecule has 1 atom stereocenters. The van der Waals surface area contributed by atoms with E-state index in [1.54, 1.807) is 24.0 Å². The van der Waals surface area contributed by atoms with Crippen LogP contribution < -0.4 is 11.5 Å². The second kappa shape index (κ2) is 5.28. The van der Waals surface area contributed by atoms with Gasteiger partial charge in [-0.3, -0.25) is 0 Å². The number of hydrogen-bond donors (Lipinski definition) is 2. The Bertz CT molecular complexity index is 537. The van der Waals surface area contributed by atoms with Crippen molar-refractivity contribution < 1.29 is 0 Å². The normalized spacial score (nSPS) is 12.6. The minimum Gasteiger partial charge on any atom is -0.383 e. The lowest BCUT2D eigenvalue weighted by atomic mass is 10.3. The van der Waals surface area contributed by atoms with Gasteiger partial charge in [0.25, 0.3) is 0 Å². The highest BCUT2D eigenvalue weighted by Gasteiger charge is 2.07. The first-order valence-corrected chi connectivity index (χ1v) is 5.85. The van der Waals surface area contributed by atoms with Crippen LogP contribution in [0, 0.1) is 6.92 Å². The summed E-state index contributed by atoms with van der Waals surface area (Å²) in [6.45, 7) is 2.26. The largest absolute Gasteiger partial charge is 0.383 e. The zero-order chi connectivity index (χ0) is 13.1. The molecule has 0 aliphatic carbocycles. The Morgan fingerprint density at radius 2 is 2.28 bits per heavy atom. The average Bonchev–Trinajstić information content (AvgIpc) is 2.69. The Morgan fingerprint density at radius 1 is 1.50 bits per heavy atom. The summed E-state index contributed by atoms with van der Waals surface area (Å²) in [5, 5.41) is 7.94. The lowest BCUT2D eigenvalue weighted by molar-refractivity contribution is 0.646. The fourth-order valence-corrected chi connectivity index (χ4v) is 1.68. The number of nitrogen functional groups attached to an aromatic ring is 1. The number of halogens is 1. The molecular formula is C10H14ClN7. The minimum atomic E-state index is -0.456. The molecular weight excluding hydrogens is 254 g/mol. The van der Waals surface area contributed by atoms with Gasteiger partial charge in [-0.25, -0.2) is 14.6 Å². The number of nitrogens with zero attached hydrogens (tertiary/aromatic N) is 5. The molecule has 2 aromatic heterocycles. The molecule has 4 N–H and O–H groups in total. The first kappa shape index (κ1) is 12.7. The van der Waals surface area contributed by atoms with Gasteiger partial charge in [0, 0.05) is 24.4 Å². The SMILES string of the molecule is Cc1ncc(Cn2cc(CC(N)Cl)nn2)c(N)n1. The fourth-order valence-electron chi connectivity index (χ4n) is 1.52. The molecule has 2 heterocycles. The van der Waals surface area contributed by atoms with Crippen molar-refractivity contribution in [3.8, 4) is 0 Å². The average molecular weight is 268 g/mol. The molecule has 8 heteroatoms. The van der Waals surface area contributed by atoms with Gasteiger partial charge in [-0.2, -0.15) is 0 Å². The number of aryl methyl sites for hydroxylation is 1. The summed E-state index contributed by atoms with van der Waals surface area (Å²) in [5.41, 5.74) is 12.4. The molecule has 0 aliphatic heterocycles. The third-order valence-electron chi connectivity index (χ3n) is 2.34. The van der Waals surface area contributed by atoms with Crippen LogP contribution in [-0.4, -0.2) is 30.5 Å². The topological polar surface area (TPSA) is 109 Å². The van der Waals surface area contributed by atoms with E-state index < -0.39 is 5.50 Å². The van der Waals surface area contributed by atoms with Crippen LogP contribution >= 0.6 is 11.6 Å². The monoisotopic (exact) mass is 267 g/mol. The highest BCUT2D eigenvalue weighted by molar-refractivity contribution is 6.20. The Balaban J connectivity index is 2.11. The third kappa shape index (κ3) is 3.14. The fraction of sp³-hybridized carbons (Fsp3) is 0.400. The second-order valence-electron chi connectivity index (χ2n) is 3.96. The number of aromatic nitrogens is 5. The van der Waals surface area contributed by atoms with Crippen LogP contribution in [0.4, 0.5) is 5.82 Å². The summed E-state index contributed by atoms with van der Waals surface area (Å²) in [4.78, 5) is 8.19. The summed E-state index contributed by atoms with van der Waals surface area (Å²) in [6, 6.07) is 0. The predicted octanol–water partition coefficient (Wildman–Crippen LogP) is 0.0731. The predicted molar refractivity (Wildman–Crippen MR) is 67.8 cm³/mol. The summed E-state index contributed by atoms with van der Waals surface area (Å²) < 4.78 is 1.65. The molecule has 0 amide bonds. The van der Waals surface area contributed by atoms with Gasteiger partial charge in [-0.1, -0.05) is 5.21 Å². The van der Waals surface area contributed by atoms with Crippen LogP contribution in [0.2, 0.25) is 0 Å². The van der Waals surface area contributed by atoms with E-state index in [9.17, 15) is 0 Å². The highest BCUT2D eigenvalue weighted by atomic mass is 35.5. The van der Waals surface area contributed by atoms with Crippen molar-refractivity contribution in [3.63, 3.8) is 0 Å². The van der Waals surface area contributed by atoms with Crippen molar-refractivity contribution in [2.45, 2.75) is 25.4 Å². The lowest BCUT2D eigenvalue weighted by Crippen LogP contribution is -2.14. The second-order valence-corrected chi connectivity index (χ2v) is 4.52. The Morgan fingerprint density at radius 3 is 2.94 bits per heavy atom. The number of rotatable bonds is 4. The van der Waals surface area contributed by atoms with E-state index in [1.807, 2.05) is 0 Å². The van der Waals surface area contributed by atoms with Crippen molar-refractivity contribution in [2.24, 2.45) is 5.73 Å². The van der Waals surface area contributed by atoms with Crippen molar-refractivity contribution in [1.82, 2.24) is 25.0 Å². The maximum absolute atomic E-state index is 5.80. The van der Waals surface area contributed by atoms with Crippen LogP contribution in [0.1, 0.15) is 17.1 Å². The smallest absolute Gasteiger partial charge is 0.132 e. The number of anilines is 1. The molecule has 0 aliphatic rings. The summed E-state index contributed by atoms with van der Waals surface area (Å²) >= 11 is 5.69. The molecule has 7 nitrogen and oxygen atoms in total. The van der Waals surface area contributed by atoms with E-state index in [-0.39, 0.29) is 0 Å². The van der Waals surface area contributed by atoms with E-state index in [4.69, 9.17) is 23.1 Å². The number of alkyl halides is 1. The first-order valence-electron chi connectivity index (χ1n) is 5.41. The molecule has 0 saturated heterocycles. The van der Waals surface area contributed by atoms with Gasteiger partial charge in [-0.15, -0.1) is 16.7 Å². The van der Waals surface area contributed by atoms with Gasteiger partial charge < -0.3 is 11.5 Å². The maximum atomic E-state index is 5.80. The van der Waals surface area contributed by atoms with E-state index in [0.717, 1.165) is 11.3 Å². The molecule has 0 spiro atoms. The first-order chi connectivity index (χ1) is 8.54. The van der Waals surface area contributed by atoms with E-state index in [0.29, 0.717) is 24.6 Å². The van der Waals surface area contributed by atoms with Crippen molar-refractivity contribution >= 4 is 17.4 Å². The molecule has 0 saturated carbocycles. The molecule has 96 valence electrons. The third-order valence-corrected chi connectivity index (χ3v) is 2.50.